The lowest BCUT2D eigenvalue weighted by atomic mass is 9.96. The van der Waals surface area contributed by atoms with E-state index in [1.807, 2.05) is 13.0 Å². The number of rotatable bonds is 5. The van der Waals surface area contributed by atoms with Crippen LogP contribution in [0.5, 0.6) is 0 Å². The van der Waals surface area contributed by atoms with E-state index in [-0.39, 0.29) is 24.2 Å². The summed E-state index contributed by atoms with van der Waals surface area (Å²) in [6.07, 6.45) is 1.96. The van der Waals surface area contributed by atoms with Crippen LogP contribution in [-0.4, -0.2) is 29.9 Å². The van der Waals surface area contributed by atoms with Crippen LogP contribution in [0.25, 0.3) is 0 Å². The van der Waals surface area contributed by atoms with Crippen molar-refractivity contribution in [3.05, 3.63) is 29.3 Å². The molecule has 0 saturated carbocycles. The summed E-state index contributed by atoms with van der Waals surface area (Å²) >= 11 is 5.96. The van der Waals surface area contributed by atoms with Crippen molar-refractivity contribution in [3.63, 3.8) is 0 Å². The summed E-state index contributed by atoms with van der Waals surface area (Å²) in [5.74, 6) is -0.399. The highest BCUT2D eigenvalue weighted by molar-refractivity contribution is 6.31. The lowest BCUT2D eigenvalue weighted by Crippen LogP contribution is -2.55. The molecule has 0 aromatic heterocycles. The van der Waals surface area contributed by atoms with Gasteiger partial charge in [-0.25, -0.2) is 0 Å². The SMILES string of the molecule is CCCC(C)(N)C(=O)NC1CCN(c2cccc(Cl)c2)C1=O.Cl. The Morgan fingerprint density at radius 1 is 1.52 bits per heavy atom. The molecule has 7 heteroatoms. The molecule has 2 atom stereocenters. The van der Waals surface area contributed by atoms with E-state index in [9.17, 15) is 9.59 Å². The van der Waals surface area contributed by atoms with E-state index in [1.165, 1.54) is 0 Å². The molecule has 1 aromatic carbocycles. The van der Waals surface area contributed by atoms with Gasteiger partial charge in [0.05, 0.1) is 5.54 Å². The summed E-state index contributed by atoms with van der Waals surface area (Å²) in [5, 5.41) is 3.36. The van der Waals surface area contributed by atoms with Gasteiger partial charge in [-0.15, -0.1) is 12.4 Å². The van der Waals surface area contributed by atoms with Crippen LogP contribution in [0.1, 0.15) is 33.1 Å². The van der Waals surface area contributed by atoms with Crippen LogP contribution in [0, 0.1) is 0 Å². The number of amides is 2. The van der Waals surface area contributed by atoms with Crippen LogP contribution in [0.3, 0.4) is 0 Å². The van der Waals surface area contributed by atoms with Gasteiger partial charge in [-0.2, -0.15) is 0 Å². The third kappa shape index (κ3) is 4.59. The van der Waals surface area contributed by atoms with Crippen molar-refractivity contribution < 1.29 is 9.59 Å². The fourth-order valence-corrected chi connectivity index (χ4v) is 2.85. The van der Waals surface area contributed by atoms with Gasteiger partial charge >= 0.3 is 0 Å². The largest absolute Gasteiger partial charge is 0.343 e. The minimum absolute atomic E-state index is 0. The first-order chi connectivity index (χ1) is 10.3. The van der Waals surface area contributed by atoms with Crippen molar-refractivity contribution in [1.29, 1.82) is 0 Å². The summed E-state index contributed by atoms with van der Waals surface area (Å²) in [7, 11) is 0. The molecule has 3 N–H and O–H groups in total. The Bertz CT molecular complexity index is 578. The highest BCUT2D eigenvalue weighted by Crippen LogP contribution is 2.24. The van der Waals surface area contributed by atoms with Gasteiger partial charge in [0, 0.05) is 17.3 Å². The Hall–Kier alpha value is -1.30. The number of carbonyl (C=O) groups is 2. The maximum Gasteiger partial charge on any atom is 0.249 e. The second-order valence-electron chi connectivity index (χ2n) is 5.95. The summed E-state index contributed by atoms with van der Waals surface area (Å²) in [6.45, 7) is 4.22. The van der Waals surface area contributed by atoms with E-state index >= 15 is 0 Å². The Labute approximate surface area is 148 Å². The van der Waals surface area contributed by atoms with Gasteiger partial charge in [-0.3, -0.25) is 9.59 Å². The number of hydrogen-bond acceptors (Lipinski definition) is 3. The molecule has 0 aliphatic carbocycles. The Morgan fingerprint density at radius 2 is 2.22 bits per heavy atom. The Kier molecular flexibility index (Phi) is 6.86. The van der Waals surface area contributed by atoms with Crippen molar-refractivity contribution in [3.8, 4) is 0 Å². The number of anilines is 1. The van der Waals surface area contributed by atoms with Gasteiger partial charge in [0.1, 0.15) is 6.04 Å². The van der Waals surface area contributed by atoms with E-state index in [0.29, 0.717) is 24.4 Å². The second kappa shape index (κ2) is 7.99. The molecule has 1 saturated heterocycles. The fraction of sp³-hybridized carbons (Fsp3) is 0.500. The molecule has 1 aliphatic rings. The summed E-state index contributed by atoms with van der Waals surface area (Å²) in [6, 6.07) is 6.61. The minimum Gasteiger partial charge on any atom is -0.343 e. The predicted molar refractivity (Wildman–Crippen MR) is 95.1 cm³/mol. The number of carbonyl (C=O) groups excluding carboxylic acids is 2. The van der Waals surface area contributed by atoms with Gasteiger partial charge in [0.25, 0.3) is 0 Å². The van der Waals surface area contributed by atoms with Crippen molar-refractivity contribution in [2.75, 3.05) is 11.4 Å². The van der Waals surface area contributed by atoms with Crippen molar-refractivity contribution >= 4 is 41.5 Å². The zero-order valence-electron chi connectivity index (χ0n) is 13.3. The van der Waals surface area contributed by atoms with Crippen LogP contribution < -0.4 is 16.0 Å². The van der Waals surface area contributed by atoms with Crippen LogP contribution in [0.4, 0.5) is 5.69 Å². The zero-order chi connectivity index (χ0) is 16.3. The van der Waals surface area contributed by atoms with E-state index < -0.39 is 11.6 Å². The normalized spacial score (nSPS) is 19.9. The van der Waals surface area contributed by atoms with Crippen molar-refractivity contribution in [1.82, 2.24) is 5.32 Å². The zero-order valence-corrected chi connectivity index (χ0v) is 14.9. The number of halogens is 2. The number of hydrogen-bond donors (Lipinski definition) is 2. The molecule has 1 heterocycles. The quantitative estimate of drug-likeness (QED) is 0.847. The third-order valence-electron chi connectivity index (χ3n) is 3.92. The fourth-order valence-electron chi connectivity index (χ4n) is 2.67. The molecular weight excluding hydrogens is 337 g/mol. The molecule has 0 spiro atoms. The molecule has 128 valence electrons. The van der Waals surface area contributed by atoms with E-state index in [0.717, 1.165) is 12.1 Å². The smallest absolute Gasteiger partial charge is 0.249 e. The first-order valence-electron chi connectivity index (χ1n) is 7.52. The first-order valence-corrected chi connectivity index (χ1v) is 7.89. The standard InChI is InChI=1S/C16H22ClN3O2.ClH/c1-3-8-16(2,18)15(22)19-13-7-9-20(14(13)21)12-6-4-5-11(17)10-12;/h4-6,10,13H,3,7-9,18H2,1-2H3,(H,19,22);1H. The van der Waals surface area contributed by atoms with Gasteiger partial charge in [-0.05, 0) is 38.0 Å². The topological polar surface area (TPSA) is 75.4 Å². The highest BCUT2D eigenvalue weighted by atomic mass is 35.5. The predicted octanol–water partition coefficient (Wildman–Crippen LogP) is 2.50. The van der Waals surface area contributed by atoms with Crippen molar-refractivity contribution in [2.45, 2.75) is 44.7 Å². The number of benzene rings is 1. The molecule has 0 radical (unpaired) electrons. The van der Waals surface area contributed by atoms with Gasteiger partial charge < -0.3 is 16.0 Å². The Morgan fingerprint density at radius 3 is 2.83 bits per heavy atom. The van der Waals surface area contributed by atoms with Gasteiger partial charge in [-0.1, -0.05) is 31.0 Å². The average Bonchev–Trinajstić information content (AvgIpc) is 2.80. The second-order valence-corrected chi connectivity index (χ2v) is 6.39. The summed E-state index contributed by atoms with van der Waals surface area (Å²) in [4.78, 5) is 26.3. The maximum absolute atomic E-state index is 12.5. The molecule has 1 aromatic rings. The lowest BCUT2D eigenvalue weighted by molar-refractivity contribution is -0.130. The molecule has 2 amide bonds. The number of nitrogens with one attached hydrogen (secondary N) is 1. The van der Waals surface area contributed by atoms with E-state index in [2.05, 4.69) is 5.32 Å². The molecule has 1 fully saturated rings. The van der Waals surface area contributed by atoms with E-state index in [4.69, 9.17) is 17.3 Å². The molecule has 0 bridgehead atoms. The molecule has 23 heavy (non-hydrogen) atoms. The molecule has 5 nitrogen and oxygen atoms in total. The van der Waals surface area contributed by atoms with Crippen molar-refractivity contribution in [2.24, 2.45) is 5.73 Å². The number of nitrogens with zero attached hydrogens (tertiary/aromatic N) is 1. The number of nitrogens with two attached hydrogens (primary N) is 1. The van der Waals surface area contributed by atoms with Gasteiger partial charge in [0.2, 0.25) is 11.8 Å². The highest BCUT2D eigenvalue weighted by Gasteiger charge is 2.37. The van der Waals surface area contributed by atoms with Crippen LogP contribution in [0.2, 0.25) is 5.02 Å². The van der Waals surface area contributed by atoms with Crippen LogP contribution >= 0.6 is 24.0 Å². The third-order valence-corrected chi connectivity index (χ3v) is 4.15. The first kappa shape index (κ1) is 19.7. The molecule has 2 rings (SSSR count). The van der Waals surface area contributed by atoms with E-state index in [1.54, 1.807) is 30.0 Å². The Balaban J connectivity index is 0.00000264. The van der Waals surface area contributed by atoms with Gasteiger partial charge in [0.15, 0.2) is 0 Å². The average molecular weight is 360 g/mol. The molecule has 1 aliphatic heterocycles. The summed E-state index contributed by atoms with van der Waals surface area (Å²) < 4.78 is 0. The molecular formula is C16H23Cl2N3O2. The summed E-state index contributed by atoms with van der Waals surface area (Å²) in [5.41, 5.74) is 5.81. The maximum atomic E-state index is 12.5. The monoisotopic (exact) mass is 359 g/mol. The minimum atomic E-state index is -0.946. The lowest BCUT2D eigenvalue weighted by Gasteiger charge is -2.25. The van der Waals surface area contributed by atoms with Crippen LogP contribution in [-0.2, 0) is 9.59 Å². The van der Waals surface area contributed by atoms with Crippen LogP contribution in [0.15, 0.2) is 24.3 Å². The molecule has 2 unspecified atom stereocenters.